The highest BCUT2D eigenvalue weighted by Gasteiger charge is 2.37. The minimum absolute atomic E-state index is 0.0773. The molecule has 2 aliphatic heterocycles. The number of aromatic nitrogens is 3. The normalized spacial score (nSPS) is 16.0. The molecule has 12 nitrogen and oxygen atoms in total. The number of para-hydroxylation sites is 1. The molecule has 3 aromatic heterocycles. The number of hydrogen-bond donors (Lipinski definition) is 3. The number of benzene rings is 2. The lowest BCUT2D eigenvalue weighted by molar-refractivity contribution is -0.138. The quantitative estimate of drug-likeness (QED) is 0.0788. The first-order valence-corrected chi connectivity index (χ1v) is 22.3. The maximum absolute atomic E-state index is 13.2. The van der Waals surface area contributed by atoms with Gasteiger partial charge >= 0.3 is 0 Å². The molecule has 316 valence electrons. The van der Waals surface area contributed by atoms with Crippen molar-refractivity contribution in [3.63, 3.8) is 0 Å². The first kappa shape index (κ1) is 44.1. The van der Waals surface area contributed by atoms with Crippen LogP contribution in [0, 0.1) is 12.3 Å². The second kappa shape index (κ2) is 20.2. The van der Waals surface area contributed by atoms with Gasteiger partial charge in [-0.25, -0.2) is 4.98 Å². The maximum atomic E-state index is 13.2. The Balaban J connectivity index is 0.000000314. The monoisotopic (exact) mass is 849 g/mol. The summed E-state index contributed by atoms with van der Waals surface area (Å²) in [7, 11) is 0. The van der Waals surface area contributed by atoms with Gasteiger partial charge in [0, 0.05) is 55.2 Å². The molecular weight excluding hydrogens is 795 g/mol. The van der Waals surface area contributed by atoms with Gasteiger partial charge < -0.3 is 25.5 Å². The van der Waals surface area contributed by atoms with Crippen LogP contribution >= 0.6 is 22.7 Å². The Morgan fingerprint density at radius 2 is 1.73 bits per heavy atom. The van der Waals surface area contributed by atoms with Crippen molar-refractivity contribution >= 4 is 57.0 Å². The number of carbonyl (C=O) groups is 4. The van der Waals surface area contributed by atoms with Gasteiger partial charge in [-0.3, -0.25) is 19.2 Å². The Morgan fingerprint density at radius 3 is 2.38 bits per heavy atom. The third-order valence-electron chi connectivity index (χ3n) is 11.0. The molecule has 0 saturated carbocycles. The number of hydrogen-bond acceptors (Lipinski definition) is 10. The molecule has 5 heterocycles. The number of likely N-dealkylation sites (tertiary alicyclic amines) is 1. The van der Waals surface area contributed by atoms with Crippen LogP contribution in [-0.4, -0.2) is 79.4 Å². The topological polar surface area (TPSA) is 158 Å². The number of rotatable bonds is 13. The second-order valence-corrected chi connectivity index (χ2v) is 18.5. The van der Waals surface area contributed by atoms with Crippen LogP contribution in [0.4, 0.5) is 0 Å². The molecule has 0 radical (unpaired) electrons. The Labute approximate surface area is 360 Å². The highest BCUT2D eigenvalue weighted by molar-refractivity contribution is 7.19. The summed E-state index contributed by atoms with van der Waals surface area (Å²) in [5, 5.41) is 24.5. The lowest BCUT2D eigenvalue weighted by Gasteiger charge is -2.34. The van der Waals surface area contributed by atoms with E-state index in [1.807, 2.05) is 87.6 Å². The van der Waals surface area contributed by atoms with E-state index in [0.29, 0.717) is 68.9 Å². The van der Waals surface area contributed by atoms with Crippen LogP contribution in [-0.2, 0) is 25.7 Å². The van der Waals surface area contributed by atoms with Gasteiger partial charge in [-0.2, -0.15) is 0 Å². The van der Waals surface area contributed by atoms with E-state index in [9.17, 15) is 24.3 Å². The average Bonchev–Trinajstić information content (AvgIpc) is 4.00. The van der Waals surface area contributed by atoms with Crippen LogP contribution in [0.15, 0.2) is 78.5 Å². The number of amides is 4. The van der Waals surface area contributed by atoms with E-state index in [1.165, 1.54) is 15.3 Å². The fourth-order valence-corrected chi connectivity index (χ4v) is 9.49. The van der Waals surface area contributed by atoms with Crippen LogP contribution in [0.3, 0.4) is 0 Å². The largest absolute Gasteiger partial charge is 0.507 e. The van der Waals surface area contributed by atoms with Crippen LogP contribution in [0.2, 0.25) is 0 Å². The molecule has 1 saturated heterocycles. The zero-order chi connectivity index (χ0) is 42.8. The van der Waals surface area contributed by atoms with Gasteiger partial charge in [0.2, 0.25) is 24.1 Å². The number of thiophene rings is 1. The predicted molar refractivity (Wildman–Crippen MR) is 238 cm³/mol. The SMILES string of the molecule is CC1CC=CN1C(=O)C(NC(=O)CCCCC(=O)N1CCC(c2cc3nnc(-c4ccccc4O)cc3s2)CC1)C(C)(C)C.Cc1ncsc1-c1ccc(CNC=O)cc1. The highest BCUT2D eigenvalue weighted by Crippen LogP contribution is 2.38. The zero-order valence-corrected chi connectivity index (χ0v) is 36.7. The molecular formula is C46H55N7O5S2. The number of unbranched alkanes of at least 4 members (excludes halogenated alkanes) is 1. The molecule has 0 spiro atoms. The fourth-order valence-electron chi connectivity index (χ4n) is 7.48. The van der Waals surface area contributed by atoms with Crippen LogP contribution in [0.25, 0.3) is 31.9 Å². The first-order chi connectivity index (χ1) is 28.8. The fraction of sp³-hybridized carbons (Fsp3) is 0.413. The summed E-state index contributed by atoms with van der Waals surface area (Å²) in [6, 6.07) is 18.9. The van der Waals surface area contributed by atoms with Gasteiger partial charge in [0.05, 0.1) is 26.5 Å². The Kier molecular flexibility index (Phi) is 14.8. The smallest absolute Gasteiger partial charge is 0.249 e. The summed E-state index contributed by atoms with van der Waals surface area (Å²) in [5.41, 5.74) is 6.94. The number of thiazole rings is 1. The van der Waals surface area contributed by atoms with Crippen molar-refractivity contribution in [2.24, 2.45) is 5.41 Å². The van der Waals surface area contributed by atoms with Crippen LogP contribution < -0.4 is 10.6 Å². The summed E-state index contributed by atoms with van der Waals surface area (Å²) in [5.74, 6) is 0.461. The summed E-state index contributed by atoms with van der Waals surface area (Å²) in [6.45, 7) is 11.9. The highest BCUT2D eigenvalue weighted by atomic mass is 32.1. The van der Waals surface area contributed by atoms with Gasteiger partial charge in [-0.15, -0.1) is 32.9 Å². The van der Waals surface area contributed by atoms with Crippen molar-refractivity contribution in [1.82, 2.24) is 35.6 Å². The second-order valence-electron chi connectivity index (χ2n) is 16.6. The third-order valence-corrected chi connectivity index (χ3v) is 13.2. The first-order valence-electron chi connectivity index (χ1n) is 20.6. The number of phenols is 1. The van der Waals surface area contributed by atoms with Gasteiger partial charge in [0.25, 0.3) is 0 Å². The summed E-state index contributed by atoms with van der Waals surface area (Å²) < 4.78 is 1.04. The predicted octanol–water partition coefficient (Wildman–Crippen LogP) is 8.36. The molecule has 2 aromatic carbocycles. The van der Waals surface area contributed by atoms with Crippen molar-refractivity contribution in [3.05, 3.63) is 94.6 Å². The minimum atomic E-state index is -0.601. The summed E-state index contributed by atoms with van der Waals surface area (Å²) >= 11 is 3.35. The number of piperidine rings is 1. The molecule has 2 unspecified atom stereocenters. The number of phenolic OH excluding ortho intramolecular Hbond substituents is 1. The Bertz CT molecular complexity index is 2290. The van der Waals surface area contributed by atoms with E-state index >= 15 is 0 Å². The molecule has 7 rings (SSSR count). The standard InChI is InChI=1S/C34H43N5O4S.C12H12N2OS/c1-22-10-9-17-39(22)33(43)32(34(2,3)4)35-30(41)13-7-8-14-31(42)38-18-15-23(16-19-38)28-21-26-29(44-28)20-25(36-37-26)24-11-5-6-12-27(24)40;1-9-12(16-8-14-9)11-4-2-10(3-5-11)6-13-7-15/h5-6,9,11-12,17,20-23,32,40H,7-8,10,13-16,18-19H2,1-4H3,(H,35,41);2-5,7-8H,6H2,1H3,(H,13,15). The molecule has 2 aliphatic rings. The Hall–Kier alpha value is -5.47. The van der Waals surface area contributed by atoms with Gasteiger partial charge in [0.15, 0.2) is 0 Å². The number of aromatic hydroxyl groups is 1. The van der Waals surface area contributed by atoms with E-state index in [2.05, 4.69) is 44.0 Å². The Morgan fingerprint density at radius 1 is 1.00 bits per heavy atom. The van der Waals surface area contributed by atoms with E-state index in [4.69, 9.17) is 0 Å². The maximum Gasteiger partial charge on any atom is 0.249 e. The number of carbonyl (C=O) groups excluding carboxylic acids is 4. The lowest BCUT2D eigenvalue weighted by atomic mass is 9.85. The molecule has 2 atom stereocenters. The van der Waals surface area contributed by atoms with Crippen molar-refractivity contribution in [1.29, 1.82) is 0 Å². The van der Waals surface area contributed by atoms with E-state index in [0.717, 1.165) is 40.7 Å². The van der Waals surface area contributed by atoms with Crippen LogP contribution in [0.1, 0.15) is 94.7 Å². The van der Waals surface area contributed by atoms with Crippen molar-refractivity contribution in [3.8, 4) is 27.4 Å². The molecule has 0 bridgehead atoms. The zero-order valence-electron chi connectivity index (χ0n) is 35.0. The van der Waals surface area contributed by atoms with Gasteiger partial charge in [-0.1, -0.05) is 63.2 Å². The summed E-state index contributed by atoms with van der Waals surface area (Å²) in [6.07, 6.45) is 9.08. The number of nitrogens with one attached hydrogen (secondary N) is 2. The lowest BCUT2D eigenvalue weighted by Crippen LogP contribution is -2.54. The number of nitrogens with zero attached hydrogens (tertiary/aromatic N) is 5. The van der Waals surface area contributed by atoms with Crippen molar-refractivity contribution in [2.45, 2.75) is 104 Å². The molecule has 5 aromatic rings. The molecule has 60 heavy (non-hydrogen) atoms. The minimum Gasteiger partial charge on any atom is -0.507 e. The van der Waals surface area contributed by atoms with Gasteiger partial charge in [0.1, 0.15) is 17.3 Å². The van der Waals surface area contributed by atoms with E-state index in [-0.39, 0.29) is 29.5 Å². The van der Waals surface area contributed by atoms with Crippen molar-refractivity contribution in [2.75, 3.05) is 13.1 Å². The number of fused-ring (bicyclic) bond motifs is 1. The molecule has 1 fully saturated rings. The van der Waals surface area contributed by atoms with Gasteiger partial charge in [-0.05, 0) is 92.7 Å². The molecule has 0 aliphatic carbocycles. The van der Waals surface area contributed by atoms with Crippen molar-refractivity contribution < 1.29 is 24.3 Å². The van der Waals surface area contributed by atoms with Crippen LogP contribution in [0.5, 0.6) is 5.75 Å². The molecule has 4 amide bonds. The molecule has 3 N–H and O–H groups in total. The van der Waals surface area contributed by atoms with E-state index in [1.54, 1.807) is 39.7 Å². The third kappa shape index (κ3) is 11.2. The average molecular weight is 850 g/mol. The summed E-state index contributed by atoms with van der Waals surface area (Å²) in [4.78, 5) is 59.4. The van der Waals surface area contributed by atoms with E-state index < -0.39 is 11.5 Å². The molecule has 14 heteroatoms. The number of aryl methyl sites for hydroxylation is 1.